The molecule has 3 aromatic carbocycles. The fourth-order valence-corrected chi connectivity index (χ4v) is 3.97. The topological polar surface area (TPSA) is 82.3 Å². The molecule has 172 valence electrons. The molecule has 34 heavy (non-hydrogen) atoms. The van der Waals surface area contributed by atoms with E-state index in [9.17, 15) is 18.8 Å². The molecule has 0 spiro atoms. The molecule has 0 aliphatic rings. The van der Waals surface area contributed by atoms with Crippen molar-refractivity contribution < 1.29 is 14.0 Å². The van der Waals surface area contributed by atoms with Crippen LogP contribution in [0.2, 0.25) is 5.02 Å². The molecule has 1 heterocycles. The molecule has 1 aromatic heterocycles. The fourth-order valence-electron chi connectivity index (χ4n) is 3.71. The third-order valence-electron chi connectivity index (χ3n) is 5.44. The van der Waals surface area contributed by atoms with Gasteiger partial charge in [0.05, 0.1) is 10.5 Å². The lowest BCUT2D eigenvalue weighted by Crippen LogP contribution is -2.32. The van der Waals surface area contributed by atoms with E-state index in [2.05, 4.69) is 10.3 Å². The summed E-state index contributed by atoms with van der Waals surface area (Å²) in [5, 5.41) is 3.42. The molecule has 0 fully saturated rings. The first kappa shape index (κ1) is 23.2. The first-order valence-electron chi connectivity index (χ1n) is 10.5. The van der Waals surface area contributed by atoms with E-state index in [0.29, 0.717) is 21.5 Å². The van der Waals surface area contributed by atoms with Crippen LogP contribution in [0.3, 0.4) is 0 Å². The average molecular weight is 478 g/mol. The van der Waals surface area contributed by atoms with E-state index in [0.717, 1.165) is 5.56 Å². The van der Waals surface area contributed by atoms with Crippen LogP contribution in [0.5, 0.6) is 0 Å². The average Bonchev–Trinajstić information content (AvgIpc) is 2.83. The van der Waals surface area contributed by atoms with Gasteiger partial charge in [-0.05, 0) is 42.0 Å². The monoisotopic (exact) mass is 477 g/mol. The second kappa shape index (κ2) is 9.49. The van der Waals surface area contributed by atoms with Crippen molar-refractivity contribution in [1.82, 2.24) is 15.2 Å². The van der Waals surface area contributed by atoms with Gasteiger partial charge in [0, 0.05) is 42.7 Å². The zero-order chi connectivity index (χ0) is 24.4. The number of carbonyl (C=O) groups is 2. The number of hydrogen-bond acceptors (Lipinski definition) is 3. The maximum absolute atomic E-state index is 13.5. The second-order valence-electron chi connectivity index (χ2n) is 7.91. The summed E-state index contributed by atoms with van der Waals surface area (Å²) >= 11 is 6.50. The Morgan fingerprint density at radius 1 is 1.00 bits per heavy atom. The summed E-state index contributed by atoms with van der Waals surface area (Å²) in [7, 11) is 3.14. The van der Waals surface area contributed by atoms with Crippen molar-refractivity contribution >= 4 is 34.3 Å². The predicted molar refractivity (Wildman–Crippen MR) is 131 cm³/mol. The van der Waals surface area contributed by atoms with Crippen molar-refractivity contribution in [3.05, 3.63) is 105 Å². The zero-order valence-corrected chi connectivity index (χ0v) is 19.2. The van der Waals surface area contributed by atoms with Crippen LogP contribution < -0.4 is 10.7 Å². The van der Waals surface area contributed by atoms with Gasteiger partial charge < -0.3 is 15.2 Å². The Kier molecular flexibility index (Phi) is 6.47. The number of H-pyrrole nitrogens is 1. The molecule has 0 aliphatic carbocycles. The first-order chi connectivity index (χ1) is 16.3. The lowest BCUT2D eigenvalue weighted by Gasteiger charge is -2.17. The molecular formula is C26H21ClFN3O3. The number of rotatable bonds is 5. The minimum absolute atomic E-state index is 0.0568. The Bertz CT molecular complexity index is 1450. The Morgan fingerprint density at radius 2 is 1.68 bits per heavy atom. The van der Waals surface area contributed by atoms with E-state index in [1.807, 2.05) is 30.3 Å². The highest BCUT2D eigenvalue weighted by Crippen LogP contribution is 2.33. The van der Waals surface area contributed by atoms with Crippen LogP contribution >= 0.6 is 11.6 Å². The number of halogens is 2. The highest BCUT2D eigenvalue weighted by atomic mass is 35.5. The molecule has 0 radical (unpaired) electrons. The van der Waals surface area contributed by atoms with Crippen molar-refractivity contribution in [2.24, 2.45) is 0 Å². The van der Waals surface area contributed by atoms with Crippen LogP contribution in [0.25, 0.3) is 22.0 Å². The summed E-state index contributed by atoms with van der Waals surface area (Å²) in [4.78, 5) is 43.6. The van der Waals surface area contributed by atoms with Crippen LogP contribution in [-0.2, 0) is 6.54 Å². The van der Waals surface area contributed by atoms with Crippen molar-refractivity contribution in [3.8, 4) is 11.1 Å². The van der Waals surface area contributed by atoms with Gasteiger partial charge in [-0.25, -0.2) is 4.39 Å². The van der Waals surface area contributed by atoms with Gasteiger partial charge in [-0.2, -0.15) is 0 Å². The van der Waals surface area contributed by atoms with Gasteiger partial charge in [0.15, 0.2) is 5.43 Å². The number of pyridine rings is 1. The number of benzene rings is 3. The summed E-state index contributed by atoms with van der Waals surface area (Å²) in [6, 6.07) is 17.6. The third kappa shape index (κ3) is 4.43. The number of amides is 2. The highest BCUT2D eigenvalue weighted by molar-refractivity contribution is 6.35. The van der Waals surface area contributed by atoms with Gasteiger partial charge in [0.25, 0.3) is 11.8 Å². The summed E-state index contributed by atoms with van der Waals surface area (Å²) in [5.74, 6) is -1.39. The number of aromatic nitrogens is 1. The summed E-state index contributed by atoms with van der Waals surface area (Å²) in [6.45, 7) is -0.195. The molecule has 0 saturated heterocycles. The van der Waals surface area contributed by atoms with Gasteiger partial charge in [-0.3, -0.25) is 14.4 Å². The van der Waals surface area contributed by atoms with Gasteiger partial charge in [-0.1, -0.05) is 41.9 Å². The lowest BCUT2D eigenvalue weighted by molar-refractivity contribution is 0.0819. The summed E-state index contributed by atoms with van der Waals surface area (Å²) < 4.78 is 13.2. The number of nitrogens with zero attached hydrogens (tertiary/aromatic N) is 1. The lowest BCUT2D eigenvalue weighted by atomic mass is 9.99. The van der Waals surface area contributed by atoms with Gasteiger partial charge >= 0.3 is 0 Å². The minimum atomic E-state index is -0.496. The van der Waals surface area contributed by atoms with Crippen molar-refractivity contribution in [1.29, 1.82) is 0 Å². The third-order valence-corrected chi connectivity index (χ3v) is 5.75. The molecule has 6 nitrogen and oxygen atoms in total. The molecule has 0 atom stereocenters. The van der Waals surface area contributed by atoms with E-state index in [4.69, 9.17) is 11.6 Å². The number of nitrogens with one attached hydrogen (secondary N) is 2. The summed E-state index contributed by atoms with van der Waals surface area (Å²) in [6.07, 6.45) is 0. The predicted octanol–water partition coefficient (Wildman–Crippen LogP) is 4.62. The number of carbonyl (C=O) groups excluding carboxylic acids is 2. The van der Waals surface area contributed by atoms with E-state index >= 15 is 0 Å². The van der Waals surface area contributed by atoms with Crippen molar-refractivity contribution in [3.63, 3.8) is 0 Å². The maximum atomic E-state index is 13.5. The molecule has 0 unspecified atom stereocenters. The van der Waals surface area contributed by atoms with Gasteiger partial charge in [-0.15, -0.1) is 0 Å². The fraction of sp³-hybridized carbons (Fsp3) is 0.115. The maximum Gasteiger partial charge on any atom is 0.270 e. The number of fused-ring (bicyclic) bond motifs is 1. The Hall–Kier alpha value is -3.97. The van der Waals surface area contributed by atoms with E-state index in [1.165, 1.54) is 29.2 Å². The van der Waals surface area contributed by atoms with Crippen LogP contribution in [0.4, 0.5) is 4.39 Å². The SMILES string of the molecule is CN(C)C(=O)c1[nH]c2c(-c3ccccc3)c(Cl)ccc2c(=O)c1CNC(=O)c1ccc(F)cc1. The molecule has 4 rings (SSSR count). The Labute approximate surface area is 200 Å². The number of hydrogen-bond donors (Lipinski definition) is 2. The largest absolute Gasteiger partial charge is 0.349 e. The minimum Gasteiger partial charge on any atom is -0.349 e. The molecule has 2 amide bonds. The van der Waals surface area contributed by atoms with Crippen LogP contribution in [0.15, 0.2) is 71.5 Å². The van der Waals surface area contributed by atoms with Gasteiger partial charge in [0.1, 0.15) is 11.5 Å². The van der Waals surface area contributed by atoms with Crippen molar-refractivity contribution in [2.45, 2.75) is 6.54 Å². The molecule has 0 saturated carbocycles. The van der Waals surface area contributed by atoms with Crippen LogP contribution in [-0.4, -0.2) is 35.8 Å². The smallest absolute Gasteiger partial charge is 0.270 e. The highest BCUT2D eigenvalue weighted by Gasteiger charge is 2.22. The standard InChI is InChI=1S/C26H21ClFN3O3/c1-31(2)26(34)23-19(14-29-25(33)16-8-10-17(28)11-9-16)24(32)18-12-13-20(27)21(22(18)30-23)15-6-4-3-5-7-15/h3-13H,14H2,1-2H3,(H,29,33)(H,30,32). The number of aromatic amines is 1. The Balaban J connectivity index is 1.85. The van der Waals surface area contributed by atoms with Crippen molar-refractivity contribution in [2.75, 3.05) is 14.1 Å². The van der Waals surface area contributed by atoms with E-state index in [1.54, 1.807) is 26.2 Å². The molecule has 0 bridgehead atoms. The molecule has 4 aromatic rings. The van der Waals surface area contributed by atoms with Crippen LogP contribution in [0, 0.1) is 5.82 Å². The van der Waals surface area contributed by atoms with E-state index in [-0.39, 0.29) is 23.4 Å². The second-order valence-corrected chi connectivity index (χ2v) is 8.31. The quantitative estimate of drug-likeness (QED) is 0.440. The molecule has 0 aliphatic heterocycles. The Morgan fingerprint density at radius 3 is 2.32 bits per heavy atom. The molecule has 2 N–H and O–H groups in total. The summed E-state index contributed by atoms with van der Waals surface area (Å²) in [5.41, 5.74) is 1.83. The van der Waals surface area contributed by atoms with Gasteiger partial charge in [0.2, 0.25) is 0 Å². The molecule has 8 heteroatoms. The normalized spacial score (nSPS) is 10.8. The first-order valence-corrected chi connectivity index (χ1v) is 10.8. The van der Waals surface area contributed by atoms with Crippen LogP contribution in [0.1, 0.15) is 26.4 Å². The zero-order valence-electron chi connectivity index (χ0n) is 18.5. The molecular weight excluding hydrogens is 457 g/mol. The van der Waals surface area contributed by atoms with E-state index < -0.39 is 23.1 Å².